The van der Waals surface area contributed by atoms with E-state index >= 15 is 0 Å². The van der Waals surface area contributed by atoms with Gasteiger partial charge in [-0.1, -0.05) is 30.3 Å². The summed E-state index contributed by atoms with van der Waals surface area (Å²) in [5.41, 5.74) is 0.843. The maximum atomic E-state index is 11.2. The van der Waals surface area contributed by atoms with Gasteiger partial charge >= 0.3 is 0 Å². The van der Waals surface area contributed by atoms with Crippen LogP contribution in [0.25, 0.3) is 0 Å². The fourth-order valence-corrected chi connectivity index (χ4v) is 2.93. The molecule has 1 N–H and O–H groups in total. The van der Waals surface area contributed by atoms with Crippen LogP contribution in [-0.4, -0.2) is 50.1 Å². The van der Waals surface area contributed by atoms with Crippen molar-refractivity contribution in [3.05, 3.63) is 35.9 Å². The first kappa shape index (κ1) is 15.1. The van der Waals surface area contributed by atoms with Crippen molar-refractivity contribution in [3.8, 4) is 0 Å². The Hall–Kier alpha value is -0.910. The molecule has 102 valence electrons. The molecule has 2 atom stereocenters. The zero-order valence-electron chi connectivity index (χ0n) is 11.1. The molecule has 0 spiro atoms. The van der Waals surface area contributed by atoms with Gasteiger partial charge in [0.2, 0.25) is 0 Å². The van der Waals surface area contributed by atoms with Crippen molar-refractivity contribution in [1.29, 1.82) is 0 Å². The predicted octanol–water partition coefficient (Wildman–Crippen LogP) is 1.08. The van der Waals surface area contributed by atoms with E-state index in [9.17, 15) is 13.5 Å². The molecule has 0 radical (unpaired) electrons. The van der Waals surface area contributed by atoms with Crippen molar-refractivity contribution < 1.29 is 13.5 Å². The summed E-state index contributed by atoms with van der Waals surface area (Å²) in [6, 6.07) is 9.25. The fourth-order valence-electron chi connectivity index (χ4n) is 1.80. The van der Waals surface area contributed by atoms with E-state index in [1.165, 1.54) is 6.26 Å². The molecule has 0 fully saturated rings. The van der Waals surface area contributed by atoms with Crippen LogP contribution in [0.3, 0.4) is 0 Å². The monoisotopic (exact) mass is 271 g/mol. The quantitative estimate of drug-likeness (QED) is 0.841. The van der Waals surface area contributed by atoms with Crippen molar-refractivity contribution >= 4 is 9.84 Å². The number of hydrogen-bond donors (Lipinski definition) is 1. The predicted molar refractivity (Wildman–Crippen MR) is 73.2 cm³/mol. The van der Waals surface area contributed by atoms with Crippen LogP contribution in [-0.2, 0) is 9.84 Å². The van der Waals surface area contributed by atoms with Crippen molar-refractivity contribution in [2.75, 3.05) is 25.6 Å². The van der Waals surface area contributed by atoms with E-state index in [0.717, 1.165) is 5.56 Å². The minimum Gasteiger partial charge on any atom is -0.387 e. The minimum absolute atomic E-state index is 0.102. The van der Waals surface area contributed by atoms with Crippen LogP contribution in [0.1, 0.15) is 18.6 Å². The first-order valence-corrected chi connectivity index (χ1v) is 7.96. The molecule has 1 rings (SSSR count). The second-order valence-corrected chi connectivity index (χ2v) is 6.99. The summed E-state index contributed by atoms with van der Waals surface area (Å²) in [7, 11) is -1.17. The summed E-state index contributed by atoms with van der Waals surface area (Å²) < 4.78 is 22.4. The van der Waals surface area contributed by atoms with E-state index < -0.39 is 15.9 Å². The highest BCUT2D eigenvalue weighted by atomic mass is 32.2. The Kier molecular flexibility index (Phi) is 5.31. The lowest BCUT2D eigenvalue weighted by Crippen LogP contribution is -2.37. The highest BCUT2D eigenvalue weighted by molar-refractivity contribution is 7.90. The van der Waals surface area contributed by atoms with Gasteiger partial charge in [-0.3, -0.25) is 4.90 Å². The second-order valence-electron chi connectivity index (χ2n) is 4.81. The molecule has 0 saturated carbocycles. The van der Waals surface area contributed by atoms with Crippen molar-refractivity contribution in [2.45, 2.75) is 19.1 Å². The summed E-state index contributed by atoms with van der Waals surface area (Å²) in [6.45, 7) is 2.26. The normalized spacial score (nSPS) is 15.6. The highest BCUT2D eigenvalue weighted by Gasteiger charge is 2.18. The van der Waals surface area contributed by atoms with Crippen LogP contribution in [0.15, 0.2) is 30.3 Å². The number of aliphatic hydroxyl groups excluding tert-OH is 1. The zero-order chi connectivity index (χ0) is 13.8. The molecule has 5 heteroatoms. The van der Waals surface area contributed by atoms with Gasteiger partial charge in [0.05, 0.1) is 11.9 Å². The Bertz CT molecular complexity index is 458. The maximum Gasteiger partial charge on any atom is 0.148 e. The number of benzene rings is 1. The lowest BCUT2D eigenvalue weighted by atomic mass is 10.1. The number of hydrogen-bond acceptors (Lipinski definition) is 4. The highest BCUT2D eigenvalue weighted by Crippen LogP contribution is 2.14. The fraction of sp³-hybridized carbons (Fsp3) is 0.538. The van der Waals surface area contributed by atoms with Gasteiger partial charge in [-0.25, -0.2) is 8.42 Å². The molecular formula is C13H21NO3S. The average molecular weight is 271 g/mol. The number of likely N-dealkylation sites (N-methyl/N-ethyl adjacent to an activating group) is 1. The Labute approximate surface area is 109 Å². The van der Waals surface area contributed by atoms with E-state index in [0.29, 0.717) is 6.54 Å². The van der Waals surface area contributed by atoms with E-state index in [4.69, 9.17) is 0 Å². The largest absolute Gasteiger partial charge is 0.387 e. The second kappa shape index (κ2) is 6.31. The van der Waals surface area contributed by atoms with Gasteiger partial charge in [0.1, 0.15) is 9.84 Å². The van der Waals surface area contributed by atoms with Crippen molar-refractivity contribution in [1.82, 2.24) is 4.90 Å². The third-order valence-electron chi connectivity index (χ3n) is 2.94. The first-order valence-electron chi connectivity index (χ1n) is 5.90. The smallest absolute Gasteiger partial charge is 0.148 e. The Morgan fingerprint density at radius 3 is 2.33 bits per heavy atom. The van der Waals surface area contributed by atoms with E-state index in [-0.39, 0.29) is 11.8 Å². The van der Waals surface area contributed by atoms with Gasteiger partial charge in [-0.05, 0) is 19.5 Å². The van der Waals surface area contributed by atoms with Crippen molar-refractivity contribution in [2.24, 2.45) is 0 Å². The topological polar surface area (TPSA) is 57.6 Å². The van der Waals surface area contributed by atoms with E-state index in [1.54, 1.807) is 0 Å². The van der Waals surface area contributed by atoms with Crippen LogP contribution in [0.2, 0.25) is 0 Å². The van der Waals surface area contributed by atoms with E-state index in [2.05, 4.69) is 0 Å². The molecule has 0 heterocycles. The number of nitrogens with zero attached hydrogens (tertiary/aromatic N) is 1. The summed E-state index contributed by atoms with van der Waals surface area (Å²) in [5.74, 6) is 0.102. The molecule has 4 nitrogen and oxygen atoms in total. The molecule has 0 aliphatic heterocycles. The standard InChI is InChI=1S/C13H21NO3S/c1-11(10-18(3,16)17)14(2)9-13(15)12-7-5-4-6-8-12/h4-8,11,13,15H,9-10H2,1-3H3. The van der Waals surface area contributed by atoms with Gasteiger partial charge in [0.25, 0.3) is 0 Å². The summed E-state index contributed by atoms with van der Waals surface area (Å²) in [4.78, 5) is 1.86. The molecule has 0 aliphatic carbocycles. The third-order valence-corrected chi connectivity index (χ3v) is 4.03. The van der Waals surface area contributed by atoms with Gasteiger partial charge in [-0.15, -0.1) is 0 Å². The van der Waals surface area contributed by atoms with E-state index in [1.807, 2.05) is 49.2 Å². The van der Waals surface area contributed by atoms with Gasteiger partial charge in [0, 0.05) is 18.8 Å². The Morgan fingerprint density at radius 1 is 1.28 bits per heavy atom. The maximum absolute atomic E-state index is 11.2. The minimum atomic E-state index is -2.99. The molecule has 18 heavy (non-hydrogen) atoms. The Balaban J connectivity index is 2.57. The molecule has 0 amide bonds. The SMILES string of the molecule is CC(CS(C)(=O)=O)N(C)CC(O)c1ccccc1. The molecule has 0 aliphatic rings. The van der Waals surface area contributed by atoms with Crippen LogP contribution in [0, 0.1) is 0 Å². The molecule has 1 aromatic rings. The summed E-state index contributed by atoms with van der Waals surface area (Å²) >= 11 is 0. The lowest BCUT2D eigenvalue weighted by molar-refractivity contribution is 0.113. The average Bonchev–Trinajstić information content (AvgIpc) is 2.27. The van der Waals surface area contributed by atoms with Crippen LogP contribution < -0.4 is 0 Å². The number of rotatable bonds is 6. The molecule has 1 aromatic carbocycles. The first-order chi connectivity index (χ1) is 8.29. The van der Waals surface area contributed by atoms with Crippen LogP contribution in [0.5, 0.6) is 0 Å². The molecular weight excluding hydrogens is 250 g/mol. The van der Waals surface area contributed by atoms with Crippen LogP contribution in [0.4, 0.5) is 0 Å². The molecule has 0 bridgehead atoms. The molecule has 0 saturated heterocycles. The zero-order valence-corrected chi connectivity index (χ0v) is 11.9. The number of aliphatic hydroxyl groups is 1. The summed E-state index contributed by atoms with van der Waals surface area (Å²) in [5, 5.41) is 10.0. The van der Waals surface area contributed by atoms with Crippen LogP contribution >= 0.6 is 0 Å². The molecule has 2 unspecified atom stereocenters. The van der Waals surface area contributed by atoms with Gasteiger partial charge in [0.15, 0.2) is 0 Å². The van der Waals surface area contributed by atoms with Gasteiger partial charge < -0.3 is 5.11 Å². The van der Waals surface area contributed by atoms with Crippen molar-refractivity contribution in [3.63, 3.8) is 0 Å². The third kappa shape index (κ3) is 5.16. The molecule has 0 aromatic heterocycles. The number of sulfone groups is 1. The van der Waals surface area contributed by atoms with Gasteiger partial charge in [-0.2, -0.15) is 0 Å². The lowest BCUT2D eigenvalue weighted by Gasteiger charge is -2.26. The summed E-state index contributed by atoms with van der Waals surface area (Å²) in [6.07, 6.45) is 0.628. The Morgan fingerprint density at radius 2 is 1.83 bits per heavy atom.